The summed E-state index contributed by atoms with van der Waals surface area (Å²) in [4.78, 5) is 11.4. The van der Waals surface area contributed by atoms with Gasteiger partial charge in [-0.25, -0.2) is 0 Å². The summed E-state index contributed by atoms with van der Waals surface area (Å²) in [6.07, 6.45) is -0.135. The quantitative estimate of drug-likeness (QED) is 0.769. The van der Waals surface area contributed by atoms with Gasteiger partial charge in [0.05, 0.1) is 13.0 Å². The number of nitrogens with one attached hydrogen (secondary N) is 1. The molecule has 1 aromatic rings. The van der Waals surface area contributed by atoms with Crippen LogP contribution < -0.4 is 10.1 Å². The highest BCUT2D eigenvalue weighted by Crippen LogP contribution is 2.16. The molecule has 0 saturated heterocycles. The van der Waals surface area contributed by atoms with Gasteiger partial charge in [-0.15, -0.1) is 0 Å². The summed E-state index contributed by atoms with van der Waals surface area (Å²) in [6, 6.07) is 7.85. The molecule has 0 aliphatic heterocycles. The van der Waals surface area contributed by atoms with Gasteiger partial charge in [-0.05, 0) is 13.0 Å². The third-order valence-electron chi connectivity index (χ3n) is 2.73. The minimum absolute atomic E-state index is 0.0864. The molecule has 4 heteroatoms. The summed E-state index contributed by atoms with van der Waals surface area (Å²) >= 11 is 0. The second kappa shape index (κ2) is 7.79. The molecule has 1 unspecified atom stereocenters. The molecule has 0 radical (unpaired) electrons. The molecule has 1 atom stereocenters. The number of methoxy groups -OCH3 is 1. The molecular formula is C15H23NO3. The monoisotopic (exact) mass is 265 g/mol. The zero-order valence-electron chi connectivity index (χ0n) is 12.1. The largest absolute Gasteiger partial charge is 0.496 e. The number of rotatable bonds is 7. The third-order valence-corrected chi connectivity index (χ3v) is 2.73. The van der Waals surface area contributed by atoms with Gasteiger partial charge in [0.1, 0.15) is 11.9 Å². The summed E-state index contributed by atoms with van der Waals surface area (Å²) in [5.74, 6) is 0.616. The smallest absolute Gasteiger partial charge is 0.308 e. The second-order valence-electron chi connectivity index (χ2n) is 4.84. The molecule has 19 heavy (non-hydrogen) atoms. The van der Waals surface area contributed by atoms with E-state index in [9.17, 15) is 4.79 Å². The summed E-state index contributed by atoms with van der Waals surface area (Å²) in [5, 5.41) is 3.26. The van der Waals surface area contributed by atoms with Gasteiger partial charge in [0.25, 0.3) is 0 Å². The fraction of sp³-hybridized carbons (Fsp3) is 0.533. The maximum absolute atomic E-state index is 11.4. The van der Waals surface area contributed by atoms with Crippen LogP contribution in [0.5, 0.6) is 5.75 Å². The van der Waals surface area contributed by atoms with Gasteiger partial charge < -0.3 is 14.8 Å². The molecule has 1 N–H and O–H groups in total. The van der Waals surface area contributed by atoms with E-state index in [0.717, 1.165) is 11.3 Å². The van der Waals surface area contributed by atoms with Crippen molar-refractivity contribution in [2.24, 2.45) is 5.92 Å². The molecule has 0 spiro atoms. The Labute approximate surface area is 115 Å². The van der Waals surface area contributed by atoms with E-state index >= 15 is 0 Å². The Hall–Kier alpha value is -1.55. The molecule has 0 aliphatic carbocycles. The number of esters is 1. The molecule has 1 rings (SSSR count). The number of carbonyl (C=O) groups is 1. The lowest BCUT2D eigenvalue weighted by Gasteiger charge is -2.16. The fourth-order valence-electron chi connectivity index (χ4n) is 1.64. The molecule has 106 valence electrons. The van der Waals surface area contributed by atoms with Crippen molar-refractivity contribution in [2.75, 3.05) is 13.7 Å². The standard InChI is InChI=1S/C15H23NO3/c1-11(2)15(17)19-12(3)9-16-10-13-7-5-6-8-14(13)18-4/h5-8,11-12,16H,9-10H2,1-4H3. The van der Waals surface area contributed by atoms with E-state index < -0.39 is 0 Å². The summed E-state index contributed by atoms with van der Waals surface area (Å²) in [5.41, 5.74) is 1.09. The van der Waals surface area contributed by atoms with Gasteiger partial charge in [-0.2, -0.15) is 0 Å². The van der Waals surface area contributed by atoms with Crippen LogP contribution in [0, 0.1) is 5.92 Å². The normalized spacial score (nSPS) is 12.3. The Kier molecular flexibility index (Phi) is 6.36. The van der Waals surface area contributed by atoms with Crippen LogP contribution in [-0.2, 0) is 16.1 Å². The summed E-state index contributed by atoms with van der Waals surface area (Å²) in [7, 11) is 1.66. The highest BCUT2D eigenvalue weighted by atomic mass is 16.5. The molecule has 0 saturated carbocycles. The number of para-hydroxylation sites is 1. The van der Waals surface area contributed by atoms with Crippen molar-refractivity contribution >= 4 is 5.97 Å². The van der Waals surface area contributed by atoms with Crippen LogP contribution in [-0.4, -0.2) is 25.7 Å². The Balaban J connectivity index is 2.35. The average molecular weight is 265 g/mol. The molecule has 0 fully saturated rings. The molecule has 0 bridgehead atoms. The lowest BCUT2D eigenvalue weighted by molar-refractivity contribution is -0.151. The first-order valence-corrected chi connectivity index (χ1v) is 6.57. The van der Waals surface area contributed by atoms with E-state index in [1.165, 1.54) is 0 Å². The topological polar surface area (TPSA) is 47.6 Å². The maximum Gasteiger partial charge on any atom is 0.308 e. The molecular weight excluding hydrogens is 242 g/mol. The zero-order chi connectivity index (χ0) is 14.3. The Morgan fingerprint density at radius 3 is 2.58 bits per heavy atom. The van der Waals surface area contributed by atoms with Crippen LogP contribution >= 0.6 is 0 Å². The SMILES string of the molecule is COc1ccccc1CNCC(C)OC(=O)C(C)C. The first kappa shape index (κ1) is 15.5. The van der Waals surface area contributed by atoms with Gasteiger partial charge in [0.15, 0.2) is 0 Å². The first-order valence-electron chi connectivity index (χ1n) is 6.57. The van der Waals surface area contributed by atoms with E-state index in [-0.39, 0.29) is 18.0 Å². The lowest BCUT2D eigenvalue weighted by atomic mass is 10.2. The van der Waals surface area contributed by atoms with Gasteiger partial charge in [-0.3, -0.25) is 4.79 Å². The van der Waals surface area contributed by atoms with Crippen LogP contribution in [0.25, 0.3) is 0 Å². The average Bonchev–Trinajstić information content (AvgIpc) is 2.39. The molecule has 1 aromatic carbocycles. The minimum Gasteiger partial charge on any atom is -0.496 e. The number of carbonyl (C=O) groups excluding carboxylic acids is 1. The van der Waals surface area contributed by atoms with Gasteiger partial charge in [0.2, 0.25) is 0 Å². The van der Waals surface area contributed by atoms with Crippen molar-refractivity contribution in [2.45, 2.75) is 33.4 Å². The Morgan fingerprint density at radius 1 is 1.26 bits per heavy atom. The van der Waals surface area contributed by atoms with Gasteiger partial charge in [-0.1, -0.05) is 32.0 Å². The van der Waals surface area contributed by atoms with E-state index in [1.54, 1.807) is 7.11 Å². The highest BCUT2D eigenvalue weighted by molar-refractivity contribution is 5.71. The molecule has 0 aromatic heterocycles. The van der Waals surface area contributed by atoms with Crippen LogP contribution in [0.2, 0.25) is 0 Å². The van der Waals surface area contributed by atoms with E-state index in [2.05, 4.69) is 5.32 Å². The molecule has 0 heterocycles. The minimum atomic E-state index is -0.161. The highest BCUT2D eigenvalue weighted by Gasteiger charge is 2.12. The predicted octanol–water partition coefficient (Wildman–Crippen LogP) is 2.37. The van der Waals surface area contributed by atoms with E-state index in [1.807, 2.05) is 45.0 Å². The van der Waals surface area contributed by atoms with Crippen molar-refractivity contribution in [3.63, 3.8) is 0 Å². The van der Waals surface area contributed by atoms with Crippen molar-refractivity contribution in [1.82, 2.24) is 5.32 Å². The molecule has 0 amide bonds. The van der Waals surface area contributed by atoms with E-state index in [4.69, 9.17) is 9.47 Å². The number of ether oxygens (including phenoxy) is 2. The van der Waals surface area contributed by atoms with Crippen LogP contribution in [0.3, 0.4) is 0 Å². The Bertz CT molecular complexity index is 404. The number of hydrogen-bond donors (Lipinski definition) is 1. The van der Waals surface area contributed by atoms with Crippen LogP contribution in [0.4, 0.5) is 0 Å². The lowest BCUT2D eigenvalue weighted by Crippen LogP contribution is -2.29. The summed E-state index contributed by atoms with van der Waals surface area (Å²) in [6.45, 7) is 6.86. The number of benzene rings is 1. The van der Waals surface area contributed by atoms with Crippen molar-refractivity contribution < 1.29 is 14.3 Å². The molecule has 0 aliphatic rings. The fourth-order valence-corrected chi connectivity index (χ4v) is 1.64. The maximum atomic E-state index is 11.4. The van der Waals surface area contributed by atoms with Crippen molar-refractivity contribution in [3.8, 4) is 5.75 Å². The number of hydrogen-bond acceptors (Lipinski definition) is 4. The third kappa shape index (κ3) is 5.30. The summed E-state index contributed by atoms with van der Waals surface area (Å²) < 4.78 is 10.5. The predicted molar refractivity (Wildman–Crippen MR) is 75.1 cm³/mol. The van der Waals surface area contributed by atoms with Crippen LogP contribution in [0.1, 0.15) is 26.3 Å². The zero-order valence-corrected chi connectivity index (χ0v) is 12.1. The van der Waals surface area contributed by atoms with Gasteiger partial charge in [0, 0.05) is 18.7 Å². The van der Waals surface area contributed by atoms with Gasteiger partial charge >= 0.3 is 5.97 Å². The van der Waals surface area contributed by atoms with Crippen LogP contribution in [0.15, 0.2) is 24.3 Å². The van der Waals surface area contributed by atoms with Crippen molar-refractivity contribution in [3.05, 3.63) is 29.8 Å². The Morgan fingerprint density at radius 2 is 1.95 bits per heavy atom. The second-order valence-corrected chi connectivity index (χ2v) is 4.84. The molecule has 4 nitrogen and oxygen atoms in total. The van der Waals surface area contributed by atoms with Crippen molar-refractivity contribution in [1.29, 1.82) is 0 Å². The van der Waals surface area contributed by atoms with E-state index in [0.29, 0.717) is 13.1 Å². The first-order chi connectivity index (χ1) is 9.04.